The summed E-state index contributed by atoms with van der Waals surface area (Å²) in [6.07, 6.45) is 0.238. The van der Waals surface area contributed by atoms with E-state index in [1.165, 1.54) is 0 Å². The summed E-state index contributed by atoms with van der Waals surface area (Å²) < 4.78 is 0. The van der Waals surface area contributed by atoms with E-state index in [0.29, 0.717) is 0 Å². The van der Waals surface area contributed by atoms with Crippen molar-refractivity contribution in [3.63, 3.8) is 0 Å². The highest BCUT2D eigenvalue weighted by atomic mass is 35.5. The number of aliphatic hydroxyl groups is 1. The van der Waals surface area contributed by atoms with Crippen LogP contribution in [0.15, 0.2) is 0 Å². The van der Waals surface area contributed by atoms with Crippen LogP contribution < -0.4 is 5.73 Å². The fourth-order valence-corrected chi connectivity index (χ4v) is 0.362. The third-order valence-corrected chi connectivity index (χ3v) is 1.01. The molecule has 0 rings (SSSR count). The summed E-state index contributed by atoms with van der Waals surface area (Å²) in [6, 6.07) is -0.707. The van der Waals surface area contributed by atoms with E-state index in [0.717, 1.165) is 0 Å². The summed E-state index contributed by atoms with van der Waals surface area (Å²) in [4.78, 5) is 10.1. The Morgan fingerprint density at radius 3 is 2.50 bits per heavy atom. The molecule has 0 amide bonds. The van der Waals surface area contributed by atoms with Crippen LogP contribution in [0.4, 0.5) is 0 Å². The van der Waals surface area contributed by atoms with Gasteiger partial charge >= 0.3 is 0 Å². The molecule has 0 aromatic rings. The minimum absolute atomic E-state index is 0.0976. The summed E-state index contributed by atoms with van der Waals surface area (Å²) >= 11 is 4.93. The van der Waals surface area contributed by atoms with Crippen molar-refractivity contribution >= 4 is 16.8 Å². The summed E-state index contributed by atoms with van der Waals surface area (Å²) in [7, 11) is 0. The van der Waals surface area contributed by atoms with Crippen LogP contribution in [0, 0.1) is 0 Å². The molecular weight excluding hydrogens is 130 g/mol. The second-order valence-corrected chi connectivity index (χ2v) is 1.80. The fourth-order valence-electron chi connectivity index (χ4n) is 0.253. The van der Waals surface area contributed by atoms with E-state index < -0.39 is 11.3 Å². The van der Waals surface area contributed by atoms with Gasteiger partial charge in [-0.1, -0.05) is 0 Å². The Hall–Kier alpha value is -0.120. The zero-order valence-corrected chi connectivity index (χ0v) is 5.06. The van der Waals surface area contributed by atoms with Crippen molar-refractivity contribution in [3.8, 4) is 0 Å². The topological polar surface area (TPSA) is 63.3 Å². The van der Waals surface area contributed by atoms with Crippen LogP contribution >= 0.6 is 11.6 Å². The number of hydrogen-bond donors (Lipinski definition) is 2. The lowest BCUT2D eigenvalue weighted by atomic mass is 10.3. The van der Waals surface area contributed by atoms with Gasteiger partial charge in [-0.3, -0.25) is 4.79 Å². The summed E-state index contributed by atoms with van der Waals surface area (Å²) in [5.74, 6) is 0. The van der Waals surface area contributed by atoms with Gasteiger partial charge in [-0.05, 0) is 18.0 Å². The molecule has 0 saturated heterocycles. The van der Waals surface area contributed by atoms with Crippen molar-refractivity contribution in [2.45, 2.75) is 12.5 Å². The highest BCUT2D eigenvalue weighted by Gasteiger charge is 2.07. The van der Waals surface area contributed by atoms with E-state index in [1.807, 2.05) is 0 Å². The van der Waals surface area contributed by atoms with Crippen LogP contribution in [-0.2, 0) is 4.79 Å². The highest BCUT2D eigenvalue weighted by molar-refractivity contribution is 6.64. The average Bonchev–Trinajstić information content (AvgIpc) is 1.67. The van der Waals surface area contributed by atoms with Crippen molar-refractivity contribution in [1.82, 2.24) is 0 Å². The molecule has 0 bridgehead atoms. The molecule has 1 atom stereocenters. The SMILES string of the molecule is N[C@@H](CCO)C(=O)Cl. The van der Waals surface area contributed by atoms with Crippen LogP contribution in [0.2, 0.25) is 0 Å². The molecule has 3 nitrogen and oxygen atoms in total. The van der Waals surface area contributed by atoms with Gasteiger partial charge in [0.2, 0.25) is 5.24 Å². The molecule has 3 N–H and O–H groups in total. The molecule has 48 valence electrons. The highest BCUT2D eigenvalue weighted by Crippen LogP contribution is 1.91. The van der Waals surface area contributed by atoms with E-state index in [1.54, 1.807) is 0 Å². The molecule has 8 heavy (non-hydrogen) atoms. The maximum atomic E-state index is 10.1. The van der Waals surface area contributed by atoms with Crippen LogP contribution in [0.3, 0.4) is 0 Å². The first-order valence-corrected chi connectivity index (χ1v) is 2.62. The summed E-state index contributed by atoms with van der Waals surface area (Å²) in [5.41, 5.74) is 5.09. The van der Waals surface area contributed by atoms with E-state index in [2.05, 4.69) is 0 Å². The molecule has 0 aromatic heterocycles. The van der Waals surface area contributed by atoms with Crippen molar-refractivity contribution in [2.24, 2.45) is 5.73 Å². The smallest absolute Gasteiger partial charge is 0.238 e. The van der Waals surface area contributed by atoms with E-state index in [-0.39, 0.29) is 13.0 Å². The number of aliphatic hydroxyl groups excluding tert-OH is 1. The third-order valence-electron chi connectivity index (χ3n) is 0.732. The molecule has 0 spiro atoms. The van der Waals surface area contributed by atoms with Gasteiger partial charge in [0.15, 0.2) is 0 Å². The first-order valence-electron chi connectivity index (χ1n) is 2.24. The van der Waals surface area contributed by atoms with E-state index in [9.17, 15) is 4.79 Å². The Labute approximate surface area is 52.4 Å². The minimum Gasteiger partial charge on any atom is -0.396 e. The van der Waals surface area contributed by atoms with Crippen molar-refractivity contribution in [2.75, 3.05) is 6.61 Å². The zero-order chi connectivity index (χ0) is 6.57. The average molecular weight is 138 g/mol. The van der Waals surface area contributed by atoms with Gasteiger partial charge in [-0.2, -0.15) is 0 Å². The van der Waals surface area contributed by atoms with Crippen molar-refractivity contribution in [1.29, 1.82) is 0 Å². The maximum Gasteiger partial charge on any atom is 0.238 e. The second kappa shape index (κ2) is 3.83. The largest absolute Gasteiger partial charge is 0.396 e. The predicted molar refractivity (Wildman–Crippen MR) is 30.5 cm³/mol. The molecule has 0 aromatic carbocycles. The molecule has 0 heterocycles. The molecule has 0 saturated carbocycles. The van der Waals surface area contributed by atoms with Crippen LogP contribution in [0.5, 0.6) is 0 Å². The van der Waals surface area contributed by atoms with Crippen LogP contribution in [0.25, 0.3) is 0 Å². The Balaban J connectivity index is 3.32. The first kappa shape index (κ1) is 7.88. The van der Waals surface area contributed by atoms with Crippen LogP contribution in [-0.4, -0.2) is 23.0 Å². The van der Waals surface area contributed by atoms with E-state index in [4.69, 9.17) is 22.4 Å². The summed E-state index contributed by atoms with van der Waals surface area (Å²) in [5, 5.41) is 7.60. The Bertz CT molecular complexity index is 86.1. The number of rotatable bonds is 3. The molecule has 4 heteroatoms. The number of halogens is 1. The van der Waals surface area contributed by atoms with Gasteiger partial charge in [0.25, 0.3) is 0 Å². The second-order valence-electron chi connectivity index (χ2n) is 1.42. The molecule has 0 fully saturated rings. The lowest BCUT2D eigenvalue weighted by Gasteiger charge is -1.99. The van der Waals surface area contributed by atoms with Gasteiger partial charge in [0, 0.05) is 6.61 Å². The van der Waals surface area contributed by atoms with Crippen LogP contribution in [0.1, 0.15) is 6.42 Å². The van der Waals surface area contributed by atoms with Gasteiger partial charge < -0.3 is 10.8 Å². The summed E-state index contributed by atoms with van der Waals surface area (Å²) in [6.45, 7) is -0.0976. The quantitative estimate of drug-likeness (QED) is 0.514. The molecule has 0 unspecified atom stereocenters. The number of nitrogens with two attached hydrogens (primary N) is 1. The monoisotopic (exact) mass is 137 g/mol. The Morgan fingerprint density at radius 2 is 2.38 bits per heavy atom. The predicted octanol–water partition coefficient (Wildman–Crippen LogP) is -0.538. The van der Waals surface area contributed by atoms with Gasteiger partial charge in [-0.15, -0.1) is 0 Å². The third kappa shape index (κ3) is 2.96. The Kier molecular flexibility index (Phi) is 3.77. The molecular formula is C4H8ClNO2. The number of carbonyl (C=O) groups is 1. The number of carbonyl (C=O) groups excluding carboxylic acids is 1. The fraction of sp³-hybridized carbons (Fsp3) is 0.750. The molecule has 0 aliphatic heterocycles. The lowest BCUT2D eigenvalue weighted by Crippen LogP contribution is -2.27. The molecule has 0 radical (unpaired) electrons. The first-order chi connectivity index (χ1) is 3.68. The van der Waals surface area contributed by atoms with Crippen molar-refractivity contribution in [3.05, 3.63) is 0 Å². The van der Waals surface area contributed by atoms with E-state index >= 15 is 0 Å². The van der Waals surface area contributed by atoms with Crippen molar-refractivity contribution < 1.29 is 9.90 Å². The number of hydrogen-bond acceptors (Lipinski definition) is 3. The Morgan fingerprint density at radius 1 is 1.88 bits per heavy atom. The molecule has 0 aliphatic carbocycles. The van der Waals surface area contributed by atoms with Gasteiger partial charge in [-0.25, -0.2) is 0 Å². The lowest BCUT2D eigenvalue weighted by molar-refractivity contribution is -0.113. The van der Waals surface area contributed by atoms with Gasteiger partial charge in [0.1, 0.15) is 0 Å². The molecule has 0 aliphatic rings. The van der Waals surface area contributed by atoms with Gasteiger partial charge in [0.05, 0.1) is 6.04 Å². The normalized spacial score (nSPS) is 13.4. The zero-order valence-electron chi connectivity index (χ0n) is 4.30. The standard InChI is InChI=1S/C4H8ClNO2/c5-4(8)3(6)1-2-7/h3,7H,1-2,6H2/t3-/m0/s1. The maximum absolute atomic E-state index is 10.1. The minimum atomic E-state index is -0.707.